The number of nitrogens with one attached hydrogen (secondary N) is 1. The van der Waals surface area contributed by atoms with Crippen LogP contribution in [-0.4, -0.2) is 32.1 Å². The fourth-order valence-electron chi connectivity index (χ4n) is 2.85. The first kappa shape index (κ1) is 19.6. The fourth-order valence-corrected chi connectivity index (χ4v) is 3.33. The van der Waals surface area contributed by atoms with E-state index in [1.165, 1.54) is 20.3 Å². The van der Waals surface area contributed by atoms with Crippen LogP contribution in [0.1, 0.15) is 11.1 Å². The number of hydrogen-bond acceptors (Lipinski definition) is 5. The Morgan fingerprint density at radius 1 is 1.04 bits per heavy atom. The number of rotatable bonds is 4. The lowest BCUT2D eigenvalue weighted by atomic mass is 10.0. The van der Waals surface area contributed by atoms with E-state index in [2.05, 4.69) is 21.2 Å². The van der Waals surface area contributed by atoms with Crippen LogP contribution in [0.4, 0.5) is 10.5 Å². The molecule has 1 fully saturated rings. The van der Waals surface area contributed by atoms with Gasteiger partial charge in [-0.05, 0) is 55.0 Å². The van der Waals surface area contributed by atoms with Crippen LogP contribution in [0.2, 0.25) is 0 Å². The van der Waals surface area contributed by atoms with Gasteiger partial charge in [-0.25, -0.2) is 9.69 Å². The van der Waals surface area contributed by atoms with Crippen molar-refractivity contribution in [1.82, 2.24) is 5.32 Å². The minimum absolute atomic E-state index is 0.187. The molecule has 0 atom stereocenters. The summed E-state index contributed by atoms with van der Waals surface area (Å²) in [7, 11) is 2.99. The van der Waals surface area contributed by atoms with Gasteiger partial charge in [0, 0.05) is 10.0 Å². The van der Waals surface area contributed by atoms with Gasteiger partial charge in [0.1, 0.15) is 17.1 Å². The molecule has 0 spiro atoms. The van der Waals surface area contributed by atoms with Crippen molar-refractivity contribution in [3.63, 3.8) is 0 Å². The number of aryl methyl sites for hydroxylation is 1. The van der Waals surface area contributed by atoms with Gasteiger partial charge in [-0.1, -0.05) is 15.9 Å². The molecule has 1 aliphatic rings. The second-order valence-corrected chi connectivity index (χ2v) is 6.91. The van der Waals surface area contributed by atoms with Crippen molar-refractivity contribution in [3.05, 3.63) is 57.6 Å². The zero-order chi connectivity index (χ0) is 20.4. The maximum Gasteiger partial charge on any atom is 0.335 e. The highest BCUT2D eigenvalue weighted by molar-refractivity contribution is 9.10. The van der Waals surface area contributed by atoms with Crippen LogP contribution in [0.3, 0.4) is 0 Å². The maximum atomic E-state index is 13.0. The number of nitrogens with zero attached hydrogens (tertiary/aromatic N) is 1. The Bertz CT molecular complexity index is 1020. The fraction of sp³-hybridized carbons (Fsp3) is 0.150. The third-order valence-corrected chi connectivity index (χ3v) is 4.73. The number of ether oxygens (including phenoxy) is 2. The summed E-state index contributed by atoms with van der Waals surface area (Å²) >= 11 is 3.35. The molecule has 0 aliphatic carbocycles. The van der Waals surface area contributed by atoms with Gasteiger partial charge < -0.3 is 9.47 Å². The predicted octanol–water partition coefficient (Wildman–Crippen LogP) is 3.44. The molecule has 0 bridgehead atoms. The number of anilines is 1. The molecule has 4 amide bonds. The van der Waals surface area contributed by atoms with E-state index in [1.54, 1.807) is 43.3 Å². The van der Waals surface area contributed by atoms with Crippen molar-refractivity contribution in [3.8, 4) is 11.5 Å². The molecule has 144 valence electrons. The van der Waals surface area contributed by atoms with Crippen LogP contribution >= 0.6 is 15.9 Å². The van der Waals surface area contributed by atoms with Gasteiger partial charge in [-0.3, -0.25) is 14.9 Å². The summed E-state index contributed by atoms with van der Waals surface area (Å²) in [6, 6.07) is 9.33. The summed E-state index contributed by atoms with van der Waals surface area (Å²) in [6.45, 7) is 1.77. The molecule has 0 aromatic heterocycles. The van der Waals surface area contributed by atoms with Crippen LogP contribution in [0.25, 0.3) is 6.08 Å². The third kappa shape index (κ3) is 3.63. The number of methoxy groups -OCH3 is 2. The van der Waals surface area contributed by atoms with Crippen LogP contribution in [0, 0.1) is 6.92 Å². The summed E-state index contributed by atoms with van der Waals surface area (Å²) in [4.78, 5) is 38.7. The minimum atomic E-state index is -0.796. The lowest BCUT2D eigenvalue weighted by Crippen LogP contribution is -2.54. The van der Waals surface area contributed by atoms with Crippen molar-refractivity contribution in [2.45, 2.75) is 6.92 Å². The minimum Gasteiger partial charge on any atom is -0.497 e. The number of hydrogen-bond donors (Lipinski definition) is 1. The number of carbonyl (C=O) groups excluding carboxylic acids is 3. The van der Waals surface area contributed by atoms with Gasteiger partial charge in [0.05, 0.1) is 19.9 Å². The third-order valence-electron chi connectivity index (χ3n) is 4.24. The molecule has 0 unspecified atom stereocenters. The first-order chi connectivity index (χ1) is 13.3. The average molecular weight is 445 g/mol. The topological polar surface area (TPSA) is 84.9 Å². The number of carbonyl (C=O) groups is 3. The van der Waals surface area contributed by atoms with Crippen LogP contribution in [0.15, 0.2) is 46.4 Å². The van der Waals surface area contributed by atoms with Gasteiger partial charge in [-0.2, -0.15) is 0 Å². The highest BCUT2D eigenvalue weighted by Crippen LogP contribution is 2.30. The first-order valence-electron chi connectivity index (χ1n) is 8.25. The molecule has 1 aliphatic heterocycles. The molecule has 1 heterocycles. The van der Waals surface area contributed by atoms with E-state index < -0.39 is 17.8 Å². The molecule has 2 aromatic rings. The maximum absolute atomic E-state index is 13.0. The normalized spacial score (nSPS) is 15.6. The molecule has 3 rings (SSSR count). The second-order valence-electron chi connectivity index (χ2n) is 6.00. The number of halogens is 1. The van der Waals surface area contributed by atoms with E-state index in [1.807, 2.05) is 0 Å². The van der Waals surface area contributed by atoms with Gasteiger partial charge >= 0.3 is 6.03 Å². The van der Waals surface area contributed by atoms with Crippen molar-refractivity contribution < 1.29 is 23.9 Å². The lowest BCUT2D eigenvalue weighted by Gasteiger charge is -2.27. The molecule has 1 N–H and O–H groups in total. The van der Waals surface area contributed by atoms with Gasteiger partial charge in [0.15, 0.2) is 0 Å². The van der Waals surface area contributed by atoms with Crippen molar-refractivity contribution >= 4 is 45.5 Å². The average Bonchev–Trinajstić information content (AvgIpc) is 2.66. The SMILES string of the molecule is COc1ccc(OC)c(/C=C2\C(=O)NC(=O)N(c3ccc(Br)cc3C)C2=O)c1. The molecule has 2 aromatic carbocycles. The molecule has 8 heteroatoms. The zero-order valence-electron chi connectivity index (χ0n) is 15.4. The molecule has 28 heavy (non-hydrogen) atoms. The number of imide groups is 2. The van der Waals surface area contributed by atoms with Crippen LogP contribution in [0.5, 0.6) is 11.5 Å². The predicted molar refractivity (Wildman–Crippen MR) is 107 cm³/mol. The van der Waals surface area contributed by atoms with Crippen molar-refractivity contribution in [2.24, 2.45) is 0 Å². The second kappa shape index (κ2) is 7.85. The lowest BCUT2D eigenvalue weighted by molar-refractivity contribution is -0.122. The van der Waals surface area contributed by atoms with E-state index >= 15 is 0 Å². The van der Waals surface area contributed by atoms with Crippen molar-refractivity contribution in [1.29, 1.82) is 0 Å². The zero-order valence-corrected chi connectivity index (χ0v) is 17.0. The molecular formula is C20H17BrN2O5. The van der Waals surface area contributed by atoms with Gasteiger partial charge in [0.2, 0.25) is 0 Å². The standard InChI is InChI=1S/C20H17BrN2O5/c1-11-8-13(21)4-6-16(11)23-19(25)15(18(24)22-20(23)26)10-12-9-14(27-2)5-7-17(12)28-3/h4-10H,1-3H3,(H,22,24,26)/b15-10+. The number of barbiturate groups is 1. The van der Waals surface area contributed by atoms with E-state index in [0.29, 0.717) is 28.3 Å². The molecule has 1 saturated heterocycles. The van der Waals surface area contributed by atoms with E-state index in [0.717, 1.165) is 9.37 Å². The van der Waals surface area contributed by atoms with Crippen molar-refractivity contribution in [2.75, 3.05) is 19.1 Å². The summed E-state index contributed by atoms with van der Waals surface area (Å²) < 4.78 is 11.3. The largest absolute Gasteiger partial charge is 0.497 e. The van der Waals surface area contributed by atoms with Crippen LogP contribution < -0.4 is 19.7 Å². The van der Waals surface area contributed by atoms with Gasteiger partial charge in [-0.15, -0.1) is 0 Å². The Hall–Kier alpha value is -3.13. The first-order valence-corrected chi connectivity index (χ1v) is 9.04. The quantitative estimate of drug-likeness (QED) is 0.576. The Morgan fingerprint density at radius 2 is 1.79 bits per heavy atom. The van der Waals surface area contributed by atoms with Crippen LogP contribution in [-0.2, 0) is 9.59 Å². The van der Waals surface area contributed by atoms with E-state index in [4.69, 9.17) is 9.47 Å². The van der Waals surface area contributed by atoms with Gasteiger partial charge in [0.25, 0.3) is 11.8 Å². The Balaban J connectivity index is 2.09. The molecule has 0 saturated carbocycles. The van der Waals surface area contributed by atoms with E-state index in [9.17, 15) is 14.4 Å². The monoisotopic (exact) mass is 444 g/mol. The smallest absolute Gasteiger partial charge is 0.335 e. The Kier molecular flexibility index (Phi) is 5.51. The highest BCUT2D eigenvalue weighted by Gasteiger charge is 2.37. The molecule has 7 nitrogen and oxygen atoms in total. The summed E-state index contributed by atoms with van der Waals surface area (Å²) in [6.07, 6.45) is 1.38. The number of urea groups is 1. The molecule has 0 radical (unpaired) electrons. The number of benzene rings is 2. The summed E-state index contributed by atoms with van der Waals surface area (Å²) in [5, 5.41) is 2.21. The van der Waals surface area contributed by atoms with E-state index in [-0.39, 0.29) is 5.57 Å². The Labute approximate surface area is 170 Å². The summed E-state index contributed by atoms with van der Waals surface area (Å²) in [5.74, 6) is -0.500. The highest BCUT2D eigenvalue weighted by atomic mass is 79.9. The molecular weight excluding hydrogens is 428 g/mol. The summed E-state index contributed by atoms with van der Waals surface area (Å²) in [5.41, 5.74) is 1.38. The number of amides is 4. The Morgan fingerprint density at radius 3 is 2.43 bits per heavy atom.